The Morgan fingerprint density at radius 1 is 1.40 bits per heavy atom. The summed E-state index contributed by atoms with van der Waals surface area (Å²) < 4.78 is 0. The van der Waals surface area contributed by atoms with Gasteiger partial charge in [-0.2, -0.15) is 0 Å². The number of aliphatic hydroxyl groups is 1. The molecular formula is C13H19NO. The van der Waals surface area contributed by atoms with E-state index in [0.717, 1.165) is 12.3 Å². The van der Waals surface area contributed by atoms with Gasteiger partial charge in [-0.1, -0.05) is 24.3 Å². The standard InChI is InChI=1S/C13H19NO/c14-8-11(9-15)6-10-2-1-3-13(7-10)12-4-5-12/h1-3,7,11-12,15H,4-6,8-9,14H2. The van der Waals surface area contributed by atoms with E-state index < -0.39 is 0 Å². The molecule has 0 radical (unpaired) electrons. The van der Waals surface area contributed by atoms with Crippen LogP contribution in [0.3, 0.4) is 0 Å². The van der Waals surface area contributed by atoms with Crippen LogP contribution in [0.5, 0.6) is 0 Å². The maximum absolute atomic E-state index is 9.10. The molecule has 2 nitrogen and oxygen atoms in total. The second-order valence-corrected chi connectivity index (χ2v) is 4.51. The van der Waals surface area contributed by atoms with E-state index in [-0.39, 0.29) is 12.5 Å². The lowest BCUT2D eigenvalue weighted by Crippen LogP contribution is -2.20. The molecule has 1 aromatic carbocycles. The number of benzene rings is 1. The van der Waals surface area contributed by atoms with Crippen molar-refractivity contribution in [1.29, 1.82) is 0 Å². The highest BCUT2D eigenvalue weighted by Gasteiger charge is 2.23. The number of hydrogen-bond donors (Lipinski definition) is 2. The van der Waals surface area contributed by atoms with Crippen LogP contribution in [0.1, 0.15) is 29.9 Å². The fraction of sp³-hybridized carbons (Fsp3) is 0.538. The quantitative estimate of drug-likeness (QED) is 0.768. The van der Waals surface area contributed by atoms with Crippen LogP contribution in [0.2, 0.25) is 0 Å². The van der Waals surface area contributed by atoms with E-state index in [0.29, 0.717) is 6.54 Å². The van der Waals surface area contributed by atoms with Gasteiger partial charge in [-0.25, -0.2) is 0 Å². The SMILES string of the molecule is NCC(CO)Cc1cccc(C2CC2)c1. The molecule has 3 N–H and O–H groups in total. The van der Waals surface area contributed by atoms with Gasteiger partial charge in [0.05, 0.1) is 0 Å². The van der Waals surface area contributed by atoms with E-state index in [4.69, 9.17) is 10.8 Å². The van der Waals surface area contributed by atoms with Gasteiger partial charge in [0.15, 0.2) is 0 Å². The molecule has 2 heteroatoms. The van der Waals surface area contributed by atoms with E-state index in [1.165, 1.54) is 24.0 Å². The van der Waals surface area contributed by atoms with Crippen LogP contribution in [0.15, 0.2) is 24.3 Å². The average Bonchev–Trinajstić information content (AvgIpc) is 3.10. The second-order valence-electron chi connectivity index (χ2n) is 4.51. The minimum atomic E-state index is 0.185. The lowest BCUT2D eigenvalue weighted by Gasteiger charge is -2.12. The summed E-state index contributed by atoms with van der Waals surface area (Å²) in [5.41, 5.74) is 8.35. The molecule has 15 heavy (non-hydrogen) atoms. The highest BCUT2D eigenvalue weighted by molar-refractivity contribution is 5.29. The van der Waals surface area contributed by atoms with Crippen molar-refractivity contribution >= 4 is 0 Å². The van der Waals surface area contributed by atoms with E-state index in [1.54, 1.807) is 0 Å². The first kappa shape index (κ1) is 10.7. The van der Waals surface area contributed by atoms with Crippen molar-refractivity contribution in [2.75, 3.05) is 13.2 Å². The van der Waals surface area contributed by atoms with Crippen LogP contribution < -0.4 is 5.73 Å². The molecule has 0 aliphatic heterocycles. The predicted molar refractivity (Wildman–Crippen MR) is 61.8 cm³/mol. The predicted octanol–water partition coefficient (Wildman–Crippen LogP) is 1.67. The maximum atomic E-state index is 9.10. The summed E-state index contributed by atoms with van der Waals surface area (Å²) in [6.07, 6.45) is 3.57. The Balaban J connectivity index is 2.03. The van der Waals surface area contributed by atoms with E-state index >= 15 is 0 Å². The fourth-order valence-electron chi connectivity index (χ4n) is 1.95. The monoisotopic (exact) mass is 205 g/mol. The van der Waals surface area contributed by atoms with Crippen molar-refractivity contribution in [3.63, 3.8) is 0 Å². The number of nitrogens with two attached hydrogens (primary N) is 1. The Morgan fingerprint density at radius 2 is 2.20 bits per heavy atom. The van der Waals surface area contributed by atoms with Crippen LogP contribution in [0.4, 0.5) is 0 Å². The average molecular weight is 205 g/mol. The van der Waals surface area contributed by atoms with Crippen molar-refractivity contribution in [3.05, 3.63) is 35.4 Å². The lowest BCUT2D eigenvalue weighted by molar-refractivity contribution is 0.230. The van der Waals surface area contributed by atoms with E-state index in [2.05, 4.69) is 24.3 Å². The molecule has 1 fully saturated rings. The molecule has 1 atom stereocenters. The molecule has 0 amide bonds. The van der Waals surface area contributed by atoms with Crippen LogP contribution in [-0.2, 0) is 6.42 Å². The van der Waals surface area contributed by atoms with E-state index in [1.807, 2.05) is 0 Å². The minimum Gasteiger partial charge on any atom is -0.396 e. The third-order valence-electron chi connectivity index (χ3n) is 3.12. The Hall–Kier alpha value is -0.860. The number of hydrogen-bond acceptors (Lipinski definition) is 2. The summed E-state index contributed by atoms with van der Waals surface area (Å²) in [5.74, 6) is 1.01. The molecule has 0 heterocycles. The zero-order valence-electron chi connectivity index (χ0n) is 9.02. The number of rotatable bonds is 5. The van der Waals surface area contributed by atoms with Crippen molar-refractivity contribution in [1.82, 2.24) is 0 Å². The molecule has 0 bridgehead atoms. The van der Waals surface area contributed by atoms with Gasteiger partial charge in [0.25, 0.3) is 0 Å². The van der Waals surface area contributed by atoms with Crippen molar-refractivity contribution in [3.8, 4) is 0 Å². The van der Waals surface area contributed by atoms with Gasteiger partial charge in [-0.15, -0.1) is 0 Å². The van der Waals surface area contributed by atoms with E-state index in [9.17, 15) is 0 Å². The normalized spacial score (nSPS) is 17.7. The maximum Gasteiger partial charge on any atom is 0.0474 e. The van der Waals surface area contributed by atoms with Crippen molar-refractivity contribution < 1.29 is 5.11 Å². The molecule has 1 aliphatic rings. The van der Waals surface area contributed by atoms with Crippen LogP contribution in [0, 0.1) is 5.92 Å². The van der Waals surface area contributed by atoms with Crippen molar-refractivity contribution in [2.45, 2.75) is 25.2 Å². The Labute approximate surface area is 91.1 Å². The fourth-order valence-corrected chi connectivity index (χ4v) is 1.95. The Bertz CT molecular complexity index is 316. The lowest BCUT2D eigenvalue weighted by atomic mass is 9.98. The summed E-state index contributed by atoms with van der Waals surface area (Å²) in [6, 6.07) is 8.73. The molecular weight excluding hydrogens is 186 g/mol. The van der Waals surface area contributed by atoms with Crippen LogP contribution >= 0.6 is 0 Å². The van der Waals surface area contributed by atoms with Gasteiger partial charge in [-0.3, -0.25) is 0 Å². The molecule has 1 aromatic rings. The first-order valence-electron chi connectivity index (χ1n) is 5.73. The topological polar surface area (TPSA) is 46.2 Å². The second kappa shape index (κ2) is 4.77. The number of aliphatic hydroxyl groups excluding tert-OH is 1. The highest BCUT2D eigenvalue weighted by Crippen LogP contribution is 2.40. The summed E-state index contributed by atoms with van der Waals surface area (Å²) in [4.78, 5) is 0. The highest BCUT2D eigenvalue weighted by atomic mass is 16.3. The minimum absolute atomic E-state index is 0.185. The van der Waals surface area contributed by atoms with Crippen LogP contribution in [-0.4, -0.2) is 18.3 Å². The van der Waals surface area contributed by atoms with Gasteiger partial charge >= 0.3 is 0 Å². The molecule has 0 aromatic heterocycles. The molecule has 1 aliphatic carbocycles. The van der Waals surface area contributed by atoms with Crippen molar-refractivity contribution in [2.24, 2.45) is 11.7 Å². The molecule has 1 unspecified atom stereocenters. The third-order valence-corrected chi connectivity index (χ3v) is 3.12. The summed E-state index contributed by atoms with van der Waals surface area (Å²) >= 11 is 0. The van der Waals surface area contributed by atoms with Gasteiger partial charge in [0.1, 0.15) is 0 Å². The first-order chi connectivity index (χ1) is 7.33. The summed E-state index contributed by atoms with van der Waals surface area (Å²) in [5, 5.41) is 9.10. The first-order valence-corrected chi connectivity index (χ1v) is 5.73. The summed E-state index contributed by atoms with van der Waals surface area (Å²) in [6.45, 7) is 0.744. The Kier molecular flexibility index (Phi) is 3.39. The smallest absolute Gasteiger partial charge is 0.0474 e. The third kappa shape index (κ3) is 2.80. The largest absolute Gasteiger partial charge is 0.396 e. The molecule has 2 rings (SSSR count). The van der Waals surface area contributed by atoms with Gasteiger partial charge in [0.2, 0.25) is 0 Å². The summed E-state index contributed by atoms with van der Waals surface area (Å²) in [7, 11) is 0. The zero-order valence-corrected chi connectivity index (χ0v) is 9.02. The Morgan fingerprint density at radius 3 is 2.80 bits per heavy atom. The molecule has 82 valence electrons. The molecule has 0 spiro atoms. The van der Waals surface area contributed by atoms with Gasteiger partial charge in [-0.05, 0) is 48.8 Å². The van der Waals surface area contributed by atoms with Crippen LogP contribution in [0.25, 0.3) is 0 Å². The van der Waals surface area contributed by atoms with Gasteiger partial charge in [0, 0.05) is 6.61 Å². The molecule has 0 saturated heterocycles. The zero-order chi connectivity index (χ0) is 10.7. The molecule has 1 saturated carbocycles. The van der Waals surface area contributed by atoms with Gasteiger partial charge < -0.3 is 10.8 Å².